The number of thiazole rings is 1. The van der Waals surface area contributed by atoms with E-state index in [1.54, 1.807) is 4.90 Å². The van der Waals surface area contributed by atoms with Gasteiger partial charge in [0.15, 0.2) is 5.13 Å². The highest BCUT2D eigenvalue weighted by Crippen LogP contribution is 2.23. The van der Waals surface area contributed by atoms with Crippen LogP contribution in [0.5, 0.6) is 0 Å². The first kappa shape index (κ1) is 15.7. The van der Waals surface area contributed by atoms with E-state index in [0.717, 1.165) is 11.3 Å². The summed E-state index contributed by atoms with van der Waals surface area (Å²) in [5, 5.41) is 5.29. The second kappa shape index (κ2) is 6.50. The number of hydrogen-bond acceptors (Lipinski definition) is 4. The van der Waals surface area contributed by atoms with E-state index in [4.69, 9.17) is 0 Å². The van der Waals surface area contributed by atoms with Crippen LogP contribution in [0.4, 0.5) is 5.13 Å². The molecule has 6 heteroatoms. The Kier molecular flexibility index (Phi) is 4.43. The highest BCUT2D eigenvalue weighted by atomic mass is 32.1. The minimum Gasteiger partial charge on any atom is -0.338 e. The van der Waals surface area contributed by atoms with Gasteiger partial charge in [0.05, 0.1) is 11.6 Å². The maximum atomic E-state index is 12.3. The summed E-state index contributed by atoms with van der Waals surface area (Å²) in [6.07, 6.45) is 0.266. The van der Waals surface area contributed by atoms with Crippen LogP contribution in [0.1, 0.15) is 23.2 Å². The average molecular weight is 329 g/mol. The lowest BCUT2D eigenvalue weighted by molar-refractivity contribution is -0.128. The van der Waals surface area contributed by atoms with Gasteiger partial charge in [-0.1, -0.05) is 29.8 Å². The lowest BCUT2D eigenvalue weighted by Gasteiger charge is -2.16. The molecule has 0 aliphatic carbocycles. The maximum Gasteiger partial charge on any atom is 0.231 e. The molecule has 5 nitrogen and oxygen atoms in total. The van der Waals surface area contributed by atoms with Gasteiger partial charge in [-0.25, -0.2) is 4.98 Å². The van der Waals surface area contributed by atoms with E-state index in [1.807, 2.05) is 43.5 Å². The van der Waals surface area contributed by atoms with Crippen molar-refractivity contribution < 1.29 is 9.59 Å². The molecule has 2 heterocycles. The van der Waals surface area contributed by atoms with Crippen LogP contribution in [0.15, 0.2) is 29.6 Å². The Morgan fingerprint density at radius 3 is 2.74 bits per heavy atom. The van der Waals surface area contributed by atoms with Crippen molar-refractivity contribution in [2.75, 3.05) is 11.9 Å². The number of amides is 2. The molecule has 0 unspecified atom stereocenters. The molecule has 1 aliphatic rings. The summed E-state index contributed by atoms with van der Waals surface area (Å²) in [6.45, 7) is 4.93. The van der Waals surface area contributed by atoms with E-state index in [0.29, 0.717) is 18.2 Å². The first-order valence-corrected chi connectivity index (χ1v) is 8.45. The number of benzene rings is 1. The highest BCUT2D eigenvalue weighted by Gasteiger charge is 2.34. The topological polar surface area (TPSA) is 62.3 Å². The maximum absolute atomic E-state index is 12.3. The molecule has 1 N–H and O–H groups in total. The second-order valence-electron chi connectivity index (χ2n) is 5.94. The largest absolute Gasteiger partial charge is 0.338 e. The van der Waals surface area contributed by atoms with Crippen LogP contribution >= 0.6 is 11.3 Å². The fourth-order valence-corrected chi connectivity index (χ4v) is 3.32. The van der Waals surface area contributed by atoms with Gasteiger partial charge in [0.1, 0.15) is 0 Å². The molecule has 1 aromatic carbocycles. The Morgan fingerprint density at radius 1 is 1.35 bits per heavy atom. The molecule has 1 saturated heterocycles. The monoisotopic (exact) mass is 329 g/mol. The Morgan fingerprint density at radius 2 is 2.09 bits per heavy atom. The molecule has 120 valence electrons. The first-order valence-electron chi connectivity index (χ1n) is 7.57. The summed E-state index contributed by atoms with van der Waals surface area (Å²) in [5.41, 5.74) is 3.16. The molecule has 1 aliphatic heterocycles. The first-order chi connectivity index (χ1) is 11.0. The third-order valence-corrected chi connectivity index (χ3v) is 4.80. The van der Waals surface area contributed by atoms with Crippen LogP contribution in [0, 0.1) is 19.8 Å². The number of anilines is 1. The molecular weight excluding hydrogens is 310 g/mol. The van der Waals surface area contributed by atoms with Gasteiger partial charge in [0.2, 0.25) is 11.8 Å². The van der Waals surface area contributed by atoms with E-state index in [-0.39, 0.29) is 24.2 Å². The van der Waals surface area contributed by atoms with Crippen molar-refractivity contribution in [3.63, 3.8) is 0 Å². The summed E-state index contributed by atoms with van der Waals surface area (Å²) < 4.78 is 0. The van der Waals surface area contributed by atoms with Gasteiger partial charge in [0, 0.05) is 24.9 Å². The SMILES string of the molecule is Cc1ccc(CN2C[C@@H](C(=O)Nc3nc(C)cs3)CC2=O)cc1. The zero-order chi connectivity index (χ0) is 16.4. The Labute approximate surface area is 139 Å². The van der Waals surface area contributed by atoms with Crippen LogP contribution in [-0.2, 0) is 16.1 Å². The molecule has 0 spiro atoms. The van der Waals surface area contributed by atoms with Gasteiger partial charge in [-0.3, -0.25) is 9.59 Å². The third-order valence-electron chi connectivity index (χ3n) is 3.93. The van der Waals surface area contributed by atoms with Gasteiger partial charge < -0.3 is 10.2 Å². The molecule has 0 radical (unpaired) electrons. The minimum atomic E-state index is -0.308. The fourth-order valence-electron chi connectivity index (χ4n) is 2.63. The number of carbonyl (C=O) groups excluding carboxylic acids is 2. The summed E-state index contributed by atoms with van der Waals surface area (Å²) in [6, 6.07) is 8.11. The molecule has 3 rings (SSSR count). The van der Waals surface area contributed by atoms with E-state index in [2.05, 4.69) is 10.3 Å². The molecule has 23 heavy (non-hydrogen) atoms. The van der Waals surface area contributed by atoms with E-state index in [1.165, 1.54) is 16.9 Å². The number of likely N-dealkylation sites (tertiary alicyclic amines) is 1. The van der Waals surface area contributed by atoms with Gasteiger partial charge in [-0.15, -0.1) is 11.3 Å². The van der Waals surface area contributed by atoms with Gasteiger partial charge >= 0.3 is 0 Å². The third kappa shape index (κ3) is 3.76. The normalized spacial score (nSPS) is 17.6. The number of carbonyl (C=O) groups is 2. The standard InChI is InChI=1S/C17H19N3O2S/c1-11-3-5-13(6-4-11)8-20-9-14(7-15(20)21)16(22)19-17-18-12(2)10-23-17/h3-6,10,14H,7-9H2,1-2H3,(H,18,19,22)/t14-/m0/s1. The van der Waals surface area contributed by atoms with E-state index >= 15 is 0 Å². The van der Waals surface area contributed by atoms with Crippen LogP contribution in [0.25, 0.3) is 0 Å². The molecule has 0 bridgehead atoms. The number of nitrogens with zero attached hydrogens (tertiary/aromatic N) is 2. The van der Waals surface area contributed by atoms with Gasteiger partial charge in [-0.05, 0) is 19.4 Å². The number of hydrogen-bond donors (Lipinski definition) is 1. The highest BCUT2D eigenvalue weighted by molar-refractivity contribution is 7.13. The lowest BCUT2D eigenvalue weighted by atomic mass is 10.1. The average Bonchev–Trinajstić information content (AvgIpc) is 3.08. The molecule has 0 saturated carbocycles. The van der Waals surface area contributed by atoms with Crippen molar-refractivity contribution in [3.8, 4) is 0 Å². The zero-order valence-electron chi connectivity index (χ0n) is 13.2. The smallest absolute Gasteiger partial charge is 0.231 e. The molecule has 2 aromatic rings. The number of aryl methyl sites for hydroxylation is 2. The fraction of sp³-hybridized carbons (Fsp3) is 0.353. The molecule has 1 aromatic heterocycles. The Balaban J connectivity index is 1.60. The molecular formula is C17H19N3O2S. The molecule has 1 fully saturated rings. The minimum absolute atomic E-state index is 0.0287. The number of rotatable bonds is 4. The zero-order valence-corrected chi connectivity index (χ0v) is 14.0. The van der Waals surface area contributed by atoms with Crippen molar-refractivity contribution in [2.24, 2.45) is 5.92 Å². The summed E-state index contributed by atoms with van der Waals surface area (Å²) in [5.74, 6) is -0.405. The molecule has 1 atom stereocenters. The van der Waals surface area contributed by atoms with Crippen molar-refractivity contribution in [2.45, 2.75) is 26.8 Å². The van der Waals surface area contributed by atoms with Crippen LogP contribution in [-0.4, -0.2) is 28.2 Å². The quantitative estimate of drug-likeness (QED) is 0.938. The lowest BCUT2D eigenvalue weighted by Crippen LogP contribution is -2.28. The predicted octanol–water partition coefficient (Wildman–Crippen LogP) is 2.75. The number of aromatic nitrogens is 1. The van der Waals surface area contributed by atoms with Crippen molar-refractivity contribution in [1.29, 1.82) is 0 Å². The summed E-state index contributed by atoms with van der Waals surface area (Å²) in [7, 11) is 0. The predicted molar refractivity (Wildman–Crippen MR) is 90.2 cm³/mol. The van der Waals surface area contributed by atoms with Crippen LogP contribution in [0.2, 0.25) is 0 Å². The number of nitrogens with one attached hydrogen (secondary N) is 1. The summed E-state index contributed by atoms with van der Waals surface area (Å²) >= 11 is 1.40. The van der Waals surface area contributed by atoms with Gasteiger partial charge in [-0.2, -0.15) is 0 Å². The van der Waals surface area contributed by atoms with E-state index in [9.17, 15) is 9.59 Å². The second-order valence-corrected chi connectivity index (χ2v) is 6.80. The summed E-state index contributed by atoms with van der Waals surface area (Å²) in [4.78, 5) is 30.4. The Hall–Kier alpha value is -2.21. The Bertz CT molecular complexity index is 724. The van der Waals surface area contributed by atoms with Crippen molar-refractivity contribution in [1.82, 2.24) is 9.88 Å². The van der Waals surface area contributed by atoms with Crippen molar-refractivity contribution >= 4 is 28.3 Å². The van der Waals surface area contributed by atoms with Crippen LogP contribution in [0.3, 0.4) is 0 Å². The van der Waals surface area contributed by atoms with E-state index < -0.39 is 0 Å². The van der Waals surface area contributed by atoms with Crippen molar-refractivity contribution in [3.05, 3.63) is 46.5 Å². The molecule has 2 amide bonds. The van der Waals surface area contributed by atoms with Gasteiger partial charge in [0.25, 0.3) is 0 Å². The van der Waals surface area contributed by atoms with Crippen LogP contribution < -0.4 is 5.32 Å².